The number of carbonyl (C=O) groups is 2. The lowest BCUT2D eigenvalue weighted by Gasteiger charge is -2.32. The van der Waals surface area contributed by atoms with Crippen molar-refractivity contribution in [3.05, 3.63) is 28.8 Å². The van der Waals surface area contributed by atoms with Crippen molar-refractivity contribution >= 4 is 23.4 Å². The molecule has 6 heteroatoms. The number of carbonyl (C=O) groups excluding carboxylic acids is 2. The summed E-state index contributed by atoms with van der Waals surface area (Å²) >= 11 is 5.99. The van der Waals surface area contributed by atoms with Crippen LogP contribution in [0.15, 0.2) is 18.2 Å². The third-order valence-electron chi connectivity index (χ3n) is 4.02. The third kappa shape index (κ3) is 4.61. The molecule has 2 amide bonds. The Bertz CT molecular complexity index is 569. The fraction of sp³-hybridized carbons (Fsp3) is 0.529. The Balaban J connectivity index is 1.96. The predicted molar refractivity (Wildman–Crippen MR) is 90.0 cm³/mol. The number of ether oxygens (including phenoxy) is 1. The van der Waals surface area contributed by atoms with E-state index >= 15 is 0 Å². The van der Waals surface area contributed by atoms with Gasteiger partial charge in [0.15, 0.2) is 0 Å². The van der Waals surface area contributed by atoms with Crippen molar-refractivity contribution in [2.45, 2.75) is 38.6 Å². The van der Waals surface area contributed by atoms with Gasteiger partial charge in [-0.15, -0.1) is 0 Å². The summed E-state index contributed by atoms with van der Waals surface area (Å²) in [6, 6.07) is 5.19. The van der Waals surface area contributed by atoms with Crippen LogP contribution in [-0.2, 0) is 4.79 Å². The molecule has 0 atom stereocenters. The van der Waals surface area contributed by atoms with Gasteiger partial charge in [0, 0.05) is 30.6 Å². The normalized spacial score (nSPS) is 15.3. The number of hydrogen-bond acceptors (Lipinski definition) is 3. The number of methoxy groups -OCH3 is 1. The zero-order chi connectivity index (χ0) is 16.8. The highest BCUT2D eigenvalue weighted by atomic mass is 35.5. The Morgan fingerprint density at radius 2 is 2.04 bits per heavy atom. The van der Waals surface area contributed by atoms with Crippen molar-refractivity contribution in [1.29, 1.82) is 0 Å². The summed E-state index contributed by atoms with van der Waals surface area (Å²) in [5.41, 5.74) is 0.480. The van der Waals surface area contributed by atoms with Crippen molar-refractivity contribution in [2.75, 3.05) is 20.2 Å². The number of likely N-dealkylation sites (tertiary alicyclic amines) is 1. The quantitative estimate of drug-likeness (QED) is 0.898. The Kier molecular flexibility index (Phi) is 6.28. The maximum absolute atomic E-state index is 12.7. The lowest BCUT2D eigenvalue weighted by atomic mass is 10.0. The van der Waals surface area contributed by atoms with Gasteiger partial charge in [-0.25, -0.2) is 0 Å². The van der Waals surface area contributed by atoms with E-state index in [1.807, 2.05) is 6.92 Å². The lowest BCUT2D eigenvalue weighted by Crippen LogP contribution is -2.46. The molecule has 1 aliphatic heterocycles. The van der Waals surface area contributed by atoms with Crippen molar-refractivity contribution in [2.24, 2.45) is 0 Å². The van der Waals surface area contributed by atoms with Crippen molar-refractivity contribution in [3.63, 3.8) is 0 Å². The van der Waals surface area contributed by atoms with Crippen LogP contribution in [0.2, 0.25) is 5.02 Å². The van der Waals surface area contributed by atoms with Gasteiger partial charge in [0.2, 0.25) is 5.91 Å². The van der Waals surface area contributed by atoms with Crippen LogP contribution < -0.4 is 10.1 Å². The second kappa shape index (κ2) is 8.20. The van der Waals surface area contributed by atoms with Crippen molar-refractivity contribution in [3.8, 4) is 5.75 Å². The molecule has 1 fully saturated rings. The van der Waals surface area contributed by atoms with Crippen LogP contribution in [0.3, 0.4) is 0 Å². The summed E-state index contributed by atoms with van der Waals surface area (Å²) in [5, 5.41) is 3.54. The van der Waals surface area contributed by atoms with E-state index in [1.54, 1.807) is 23.1 Å². The number of halogens is 1. The largest absolute Gasteiger partial charge is 0.496 e. The van der Waals surface area contributed by atoms with E-state index in [-0.39, 0.29) is 17.9 Å². The fourth-order valence-corrected chi connectivity index (χ4v) is 2.94. The molecule has 0 unspecified atom stereocenters. The molecular weight excluding hydrogens is 316 g/mol. The number of piperidine rings is 1. The molecular formula is C17H23ClN2O3. The molecule has 1 N–H and O–H groups in total. The first-order chi connectivity index (χ1) is 11.0. The molecule has 0 aromatic heterocycles. The Labute approximate surface area is 141 Å². The van der Waals surface area contributed by atoms with E-state index in [9.17, 15) is 9.59 Å². The number of nitrogens with one attached hydrogen (secondary N) is 1. The van der Waals surface area contributed by atoms with Crippen LogP contribution in [0.1, 0.15) is 43.0 Å². The van der Waals surface area contributed by atoms with E-state index in [4.69, 9.17) is 16.3 Å². The predicted octanol–water partition coefficient (Wildman–Crippen LogP) is 2.87. The van der Waals surface area contributed by atoms with Gasteiger partial charge in [0.25, 0.3) is 5.91 Å². The molecule has 5 nitrogen and oxygen atoms in total. The minimum absolute atomic E-state index is 0.0808. The monoisotopic (exact) mass is 338 g/mol. The zero-order valence-corrected chi connectivity index (χ0v) is 14.4. The topological polar surface area (TPSA) is 58.6 Å². The smallest absolute Gasteiger partial charge is 0.257 e. The van der Waals surface area contributed by atoms with Crippen molar-refractivity contribution < 1.29 is 14.3 Å². The minimum Gasteiger partial charge on any atom is -0.496 e. The highest BCUT2D eigenvalue weighted by Gasteiger charge is 2.26. The fourth-order valence-electron chi connectivity index (χ4n) is 2.77. The van der Waals surface area contributed by atoms with Crippen LogP contribution in [0, 0.1) is 0 Å². The molecule has 23 heavy (non-hydrogen) atoms. The summed E-state index contributed by atoms with van der Waals surface area (Å²) in [7, 11) is 1.54. The van der Waals surface area contributed by atoms with E-state index < -0.39 is 0 Å². The summed E-state index contributed by atoms with van der Waals surface area (Å²) < 4.78 is 5.25. The van der Waals surface area contributed by atoms with Gasteiger partial charge in [0.05, 0.1) is 12.7 Å². The molecule has 0 spiro atoms. The number of benzene rings is 1. The van der Waals surface area contributed by atoms with E-state index in [1.165, 1.54) is 7.11 Å². The molecule has 0 radical (unpaired) electrons. The van der Waals surface area contributed by atoms with Gasteiger partial charge in [-0.05, 0) is 37.5 Å². The second-order valence-electron chi connectivity index (χ2n) is 5.73. The summed E-state index contributed by atoms with van der Waals surface area (Å²) in [4.78, 5) is 26.1. The Hall–Kier alpha value is -1.75. The number of nitrogens with zero attached hydrogens (tertiary/aromatic N) is 1. The second-order valence-corrected chi connectivity index (χ2v) is 6.17. The molecule has 0 bridgehead atoms. The molecule has 1 saturated heterocycles. The molecule has 1 aliphatic rings. The molecule has 1 aromatic carbocycles. The molecule has 0 aliphatic carbocycles. The molecule has 1 aromatic rings. The van der Waals surface area contributed by atoms with Crippen molar-refractivity contribution in [1.82, 2.24) is 10.2 Å². The highest BCUT2D eigenvalue weighted by molar-refractivity contribution is 6.31. The third-order valence-corrected chi connectivity index (χ3v) is 4.25. The van der Waals surface area contributed by atoms with Crippen LogP contribution in [0.4, 0.5) is 0 Å². The average molecular weight is 339 g/mol. The Morgan fingerprint density at radius 1 is 1.35 bits per heavy atom. The lowest BCUT2D eigenvalue weighted by molar-refractivity contribution is -0.122. The molecule has 1 heterocycles. The standard InChI is InChI=1S/C17H23ClN2O3/c1-3-4-16(21)19-13-7-9-20(10-8-13)17(22)14-11-12(18)5-6-15(14)23-2/h5-6,11,13H,3-4,7-10H2,1-2H3,(H,19,21). The molecule has 2 rings (SSSR count). The molecule has 126 valence electrons. The van der Waals surface area contributed by atoms with Gasteiger partial charge in [-0.3, -0.25) is 9.59 Å². The SMILES string of the molecule is CCCC(=O)NC1CCN(C(=O)c2cc(Cl)ccc2OC)CC1. The van der Waals surface area contributed by atoms with Gasteiger partial charge in [-0.2, -0.15) is 0 Å². The van der Waals surface area contributed by atoms with Crippen LogP contribution in [-0.4, -0.2) is 43.0 Å². The Morgan fingerprint density at radius 3 is 2.65 bits per heavy atom. The molecule has 0 saturated carbocycles. The average Bonchev–Trinajstić information content (AvgIpc) is 2.55. The number of hydrogen-bond donors (Lipinski definition) is 1. The maximum atomic E-state index is 12.7. The summed E-state index contributed by atoms with van der Waals surface area (Å²) in [6.07, 6.45) is 2.94. The number of rotatable bonds is 5. The van der Waals surface area contributed by atoms with Gasteiger partial charge >= 0.3 is 0 Å². The maximum Gasteiger partial charge on any atom is 0.257 e. The first-order valence-corrected chi connectivity index (χ1v) is 8.35. The summed E-state index contributed by atoms with van der Waals surface area (Å²) in [6.45, 7) is 3.22. The zero-order valence-electron chi connectivity index (χ0n) is 13.6. The highest BCUT2D eigenvalue weighted by Crippen LogP contribution is 2.25. The van der Waals surface area contributed by atoms with Crippen LogP contribution in [0.5, 0.6) is 5.75 Å². The first kappa shape index (κ1) is 17.6. The van der Waals surface area contributed by atoms with E-state index in [0.717, 1.165) is 19.3 Å². The van der Waals surface area contributed by atoms with Gasteiger partial charge in [0.1, 0.15) is 5.75 Å². The van der Waals surface area contributed by atoms with E-state index in [0.29, 0.717) is 35.8 Å². The number of amides is 2. The first-order valence-electron chi connectivity index (χ1n) is 7.97. The van der Waals surface area contributed by atoms with Crippen LogP contribution >= 0.6 is 11.6 Å². The minimum atomic E-state index is -0.0808. The van der Waals surface area contributed by atoms with Gasteiger partial charge in [-0.1, -0.05) is 18.5 Å². The van der Waals surface area contributed by atoms with Crippen LogP contribution in [0.25, 0.3) is 0 Å². The van der Waals surface area contributed by atoms with E-state index in [2.05, 4.69) is 5.32 Å². The van der Waals surface area contributed by atoms with Gasteiger partial charge < -0.3 is 15.0 Å². The summed E-state index contributed by atoms with van der Waals surface area (Å²) in [5.74, 6) is 0.536.